The van der Waals surface area contributed by atoms with Gasteiger partial charge in [0.2, 0.25) is 5.91 Å². The van der Waals surface area contributed by atoms with E-state index >= 15 is 0 Å². The van der Waals surface area contributed by atoms with Gasteiger partial charge in [0.25, 0.3) is 5.91 Å². The zero-order chi connectivity index (χ0) is 22.9. The molecule has 166 valence electrons. The first-order chi connectivity index (χ1) is 15.2. The normalized spacial score (nSPS) is 17.0. The molecule has 0 unspecified atom stereocenters. The highest BCUT2D eigenvalue weighted by atomic mass is 19.3. The molecule has 0 radical (unpaired) electrons. The van der Waals surface area contributed by atoms with Crippen molar-refractivity contribution in [3.63, 3.8) is 0 Å². The van der Waals surface area contributed by atoms with E-state index in [1.165, 1.54) is 49.5 Å². The molecule has 2 aliphatic heterocycles. The van der Waals surface area contributed by atoms with E-state index in [2.05, 4.69) is 19.7 Å². The Morgan fingerprint density at radius 1 is 1.03 bits per heavy atom. The number of ketones is 1. The van der Waals surface area contributed by atoms with Gasteiger partial charge in [0.05, 0.1) is 11.8 Å². The SMILES string of the molecule is CC(=O)c1cc(C(=O)N2CCN(C(=O)/C=C/c3ccc4c(c3)OC(F)(F)O4)CC2)cnn1. The molecule has 0 aliphatic carbocycles. The number of rotatable bonds is 4. The van der Waals surface area contributed by atoms with E-state index in [0.717, 1.165) is 0 Å². The number of alkyl halides is 2. The van der Waals surface area contributed by atoms with E-state index in [1.807, 2.05) is 0 Å². The largest absolute Gasteiger partial charge is 0.586 e. The van der Waals surface area contributed by atoms with Crippen LogP contribution in [0.1, 0.15) is 33.3 Å². The molecule has 1 fully saturated rings. The predicted octanol–water partition coefficient (Wildman–Crippen LogP) is 2.00. The van der Waals surface area contributed by atoms with E-state index in [9.17, 15) is 23.2 Å². The molecule has 1 saturated heterocycles. The van der Waals surface area contributed by atoms with Gasteiger partial charge in [-0.2, -0.15) is 5.10 Å². The Bertz CT molecular complexity index is 1110. The van der Waals surface area contributed by atoms with Crippen LogP contribution in [0.15, 0.2) is 36.5 Å². The minimum absolute atomic E-state index is 0.0703. The van der Waals surface area contributed by atoms with Crippen molar-refractivity contribution in [2.24, 2.45) is 0 Å². The van der Waals surface area contributed by atoms with Crippen molar-refractivity contribution in [1.29, 1.82) is 0 Å². The first-order valence-electron chi connectivity index (χ1n) is 9.72. The Labute approximate surface area is 181 Å². The zero-order valence-electron chi connectivity index (χ0n) is 17.0. The lowest BCUT2D eigenvalue weighted by Gasteiger charge is -2.34. The summed E-state index contributed by atoms with van der Waals surface area (Å²) in [5, 5.41) is 7.39. The Hall–Kier alpha value is -3.89. The monoisotopic (exact) mass is 444 g/mol. The molecule has 4 rings (SSSR count). The first-order valence-corrected chi connectivity index (χ1v) is 9.72. The molecule has 0 spiro atoms. The number of amides is 2. The van der Waals surface area contributed by atoms with Crippen LogP contribution in [0.5, 0.6) is 11.5 Å². The van der Waals surface area contributed by atoms with Crippen molar-refractivity contribution in [2.45, 2.75) is 13.2 Å². The van der Waals surface area contributed by atoms with Crippen molar-refractivity contribution in [3.8, 4) is 11.5 Å². The summed E-state index contributed by atoms with van der Waals surface area (Å²) in [7, 11) is 0. The second-order valence-electron chi connectivity index (χ2n) is 7.21. The fraction of sp³-hybridized carbons (Fsp3) is 0.286. The lowest BCUT2D eigenvalue weighted by Crippen LogP contribution is -2.50. The third-order valence-corrected chi connectivity index (χ3v) is 4.98. The van der Waals surface area contributed by atoms with E-state index < -0.39 is 6.29 Å². The molecule has 32 heavy (non-hydrogen) atoms. The van der Waals surface area contributed by atoms with Crippen LogP contribution in [0.25, 0.3) is 6.08 Å². The van der Waals surface area contributed by atoms with E-state index in [-0.39, 0.29) is 40.4 Å². The molecule has 0 bridgehead atoms. The Morgan fingerprint density at radius 3 is 2.44 bits per heavy atom. The molecular formula is C21H18F2N4O5. The van der Waals surface area contributed by atoms with Crippen LogP contribution in [0.2, 0.25) is 0 Å². The number of carbonyl (C=O) groups excluding carboxylic acids is 3. The van der Waals surface area contributed by atoms with Gasteiger partial charge >= 0.3 is 6.29 Å². The summed E-state index contributed by atoms with van der Waals surface area (Å²) < 4.78 is 34.9. The number of carbonyl (C=O) groups is 3. The minimum Gasteiger partial charge on any atom is -0.395 e. The van der Waals surface area contributed by atoms with Gasteiger partial charge in [-0.15, -0.1) is 13.9 Å². The molecule has 1 aromatic heterocycles. The number of aromatic nitrogens is 2. The molecular weight excluding hydrogens is 426 g/mol. The maximum Gasteiger partial charge on any atom is 0.586 e. The number of hydrogen-bond donors (Lipinski definition) is 0. The molecule has 11 heteroatoms. The zero-order valence-corrected chi connectivity index (χ0v) is 17.0. The third-order valence-electron chi connectivity index (χ3n) is 4.98. The van der Waals surface area contributed by atoms with E-state index in [1.54, 1.807) is 9.80 Å². The summed E-state index contributed by atoms with van der Waals surface area (Å²) in [6.45, 7) is 2.61. The van der Waals surface area contributed by atoms with E-state index in [0.29, 0.717) is 31.7 Å². The fourth-order valence-corrected chi connectivity index (χ4v) is 3.31. The summed E-state index contributed by atoms with van der Waals surface area (Å²) in [4.78, 5) is 39.7. The van der Waals surface area contributed by atoms with Gasteiger partial charge in [0, 0.05) is 39.2 Å². The summed E-state index contributed by atoms with van der Waals surface area (Å²) in [6, 6.07) is 5.63. The van der Waals surface area contributed by atoms with Gasteiger partial charge in [0.15, 0.2) is 17.3 Å². The summed E-state index contributed by atoms with van der Waals surface area (Å²) in [5.41, 5.74) is 0.874. The number of ether oxygens (including phenoxy) is 2. The molecule has 9 nitrogen and oxygen atoms in total. The third kappa shape index (κ3) is 4.56. The van der Waals surface area contributed by atoms with Gasteiger partial charge in [-0.1, -0.05) is 6.07 Å². The second-order valence-corrected chi connectivity index (χ2v) is 7.21. The van der Waals surface area contributed by atoms with Gasteiger partial charge in [0.1, 0.15) is 5.69 Å². The lowest BCUT2D eigenvalue weighted by molar-refractivity contribution is -0.286. The highest BCUT2D eigenvalue weighted by Crippen LogP contribution is 2.41. The van der Waals surface area contributed by atoms with Crippen LogP contribution in [0.4, 0.5) is 8.78 Å². The molecule has 0 saturated carbocycles. The molecule has 2 aliphatic rings. The summed E-state index contributed by atoms with van der Waals surface area (Å²) in [5.74, 6) is -1.02. The van der Waals surface area contributed by atoms with Gasteiger partial charge in [-0.25, -0.2) is 0 Å². The average Bonchev–Trinajstić information content (AvgIpc) is 3.10. The number of benzene rings is 1. The van der Waals surface area contributed by atoms with Crippen LogP contribution in [0, 0.1) is 0 Å². The molecule has 2 amide bonds. The lowest BCUT2D eigenvalue weighted by atomic mass is 10.1. The van der Waals surface area contributed by atoms with Crippen LogP contribution >= 0.6 is 0 Å². The van der Waals surface area contributed by atoms with Crippen LogP contribution in [-0.4, -0.2) is 70.1 Å². The Morgan fingerprint density at radius 2 is 1.72 bits per heavy atom. The first kappa shape index (κ1) is 21.3. The van der Waals surface area contributed by atoms with Crippen LogP contribution in [0.3, 0.4) is 0 Å². The highest BCUT2D eigenvalue weighted by Gasteiger charge is 2.43. The molecule has 3 heterocycles. The second kappa shape index (κ2) is 8.33. The van der Waals surface area contributed by atoms with E-state index in [4.69, 9.17) is 0 Å². The van der Waals surface area contributed by atoms with Crippen molar-refractivity contribution in [2.75, 3.05) is 26.2 Å². The topological polar surface area (TPSA) is 102 Å². The number of halogens is 2. The van der Waals surface area contributed by atoms with Crippen LogP contribution in [-0.2, 0) is 4.79 Å². The maximum absolute atomic E-state index is 13.1. The smallest absolute Gasteiger partial charge is 0.395 e. The molecule has 1 aromatic carbocycles. The molecule has 0 atom stereocenters. The summed E-state index contributed by atoms with van der Waals surface area (Å²) in [6.07, 6.45) is 0.429. The molecule has 2 aromatic rings. The highest BCUT2D eigenvalue weighted by molar-refractivity contribution is 5.98. The number of piperazine rings is 1. The Kier molecular flexibility index (Phi) is 5.56. The van der Waals surface area contributed by atoms with Crippen molar-refractivity contribution < 1.29 is 32.6 Å². The van der Waals surface area contributed by atoms with Crippen molar-refractivity contribution in [1.82, 2.24) is 20.0 Å². The average molecular weight is 444 g/mol. The Balaban J connectivity index is 1.34. The summed E-state index contributed by atoms with van der Waals surface area (Å²) >= 11 is 0. The minimum atomic E-state index is -3.70. The van der Waals surface area contributed by atoms with Crippen molar-refractivity contribution >= 4 is 23.7 Å². The maximum atomic E-state index is 13.1. The number of nitrogens with zero attached hydrogens (tertiary/aromatic N) is 4. The number of Topliss-reactive ketones (excluding diaryl/α,β-unsaturated/α-hetero) is 1. The van der Waals surface area contributed by atoms with Gasteiger partial charge < -0.3 is 19.3 Å². The fourth-order valence-electron chi connectivity index (χ4n) is 3.31. The molecule has 0 N–H and O–H groups in total. The van der Waals surface area contributed by atoms with Gasteiger partial charge in [-0.3, -0.25) is 14.4 Å². The quantitative estimate of drug-likeness (QED) is 0.525. The predicted molar refractivity (Wildman–Crippen MR) is 106 cm³/mol. The van der Waals surface area contributed by atoms with Gasteiger partial charge in [-0.05, 0) is 29.8 Å². The number of hydrogen-bond acceptors (Lipinski definition) is 7. The standard InChI is InChI=1S/C21H18F2N4O5/c1-13(28)16-11-15(12-24-25-16)20(30)27-8-6-26(7-9-27)19(29)5-3-14-2-4-17-18(10-14)32-21(22,23)31-17/h2-5,10-12H,6-9H2,1H3/b5-3+. The number of fused-ring (bicyclic) bond motifs is 1. The van der Waals surface area contributed by atoms with Crippen molar-refractivity contribution in [3.05, 3.63) is 53.4 Å². The van der Waals surface area contributed by atoms with Crippen LogP contribution < -0.4 is 9.47 Å².